The van der Waals surface area contributed by atoms with Crippen LogP contribution in [0.3, 0.4) is 0 Å². The molecule has 0 spiro atoms. The predicted molar refractivity (Wildman–Crippen MR) is 396 cm³/mol. The molecular formula is C72H162N14O4. The van der Waals surface area contributed by atoms with Crippen LogP contribution in [0, 0.1) is 46.3 Å². The van der Waals surface area contributed by atoms with E-state index in [1.165, 1.54) is 0 Å². The van der Waals surface area contributed by atoms with Crippen LogP contribution >= 0.6 is 0 Å². The van der Waals surface area contributed by atoms with Crippen molar-refractivity contribution in [3.8, 4) is 0 Å². The van der Waals surface area contributed by atoms with E-state index in [1.807, 2.05) is 104 Å². The summed E-state index contributed by atoms with van der Waals surface area (Å²) < 4.78 is 0. The number of carbonyl (C=O) groups excluding carboxylic acids is 4. The number of amides is 4. The van der Waals surface area contributed by atoms with E-state index in [1.54, 1.807) is 47.8 Å². The molecule has 4 amide bonds. The lowest BCUT2D eigenvalue weighted by atomic mass is 9.83. The molecule has 0 fully saturated rings. The van der Waals surface area contributed by atoms with Crippen LogP contribution in [0.2, 0.25) is 0 Å². The van der Waals surface area contributed by atoms with E-state index in [2.05, 4.69) is 183 Å². The fourth-order valence-electron chi connectivity index (χ4n) is 12.7. The van der Waals surface area contributed by atoms with Crippen molar-refractivity contribution >= 4 is 23.6 Å². The normalized spacial score (nSPS) is 15.9. The van der Waals surface area contributed by atoms with Crippen LogP contribution in [0.5, 0.6) is 0 Å². The highest BCUT2D eigenvalue weighted by Gasteiger charge is 2.43. The predicted octanol–water partition coefficient (Wildman–Crippen LogP) is 9.16. The molecule has 0 aromatic carbocycles. The summed E-state index contributed by atoms with van der Waals surface area (Å²) in [4.78, 5) is 85.6. The fourth-order valence-corrected chi connectivity index (χ4v) is 12.7. The quantitative estimate of drug-likeness (QED) is 0.0594. The largest absolute Gasteiger partial charge is 0.342 e. The fraction of sp³-hybridized carbons (Fsp3) is 0.944. The molecule has 10 unspecified atom stereocenters. The summed E-state index contributed by atoms with van der Waals surface area (Å²) in [6.45, 7) is 47.3. The van der Waals surface area contributed by atoms with Crippen LogP contribution in [-0.2, 0) is 19.2 Å². The Labute approximate surface area is 563 Å². The van der Waals surface area contributed by atoms with Crippen molar-refractivity contribution in [2.75, 3.05) is 193 Å². The highest BCUT2D eigenvalue weighted by Crippen LogP contribution is 2.31. The van der Waals surface area contributed by atoms with Crippen molar-refractivity contribution in [1.82, 2.24) is 68.6 Å². The summed E-state index contributed by atoms with van der Waals surface area (Å²) in [5.41, 5.74) is -0.242. The van der Waals surface area contributed by atoms with Crippen molar-refractivity contribution in [3.63, 3.8) is 0 Å². The maximum Gasteiger partial charge on any atom is 0.245 e. The van der Waals surface area contributed by atoms with E-state index in [9.17, 15) is 19.2 Å². The standard InChI is InChI=1S/C34H70N8O4.C34H76N6.4CH4/c1-23(2)28(41(18)30(43)25(37(12)13)20-35(8)9)32(45)39(16)22-27(34(5,6)7)40(17)33(46)29(24(3)4)42(19)31(44)26(38(14)15)21-36(10)11;1-25(2)29(35(12)13)20-39(21-30(26(3)4)36(14)15)24-33(34(9,10)11)40(22-31(27(5)6)37(16)17)23-32(28(7)8)38(18)19;;;;/h23-29H,20-22H2,1-19H3;25-33H,20-24H2,1-19H3;4*1H4. The van der Waals surface area contributed by atoms with Gasteiger partial charge in [-0.25, -0.2) is 0 Å². The summed E-state index contributed by atoms with van der Waals surface area (Å²) in [5.74, 6) is 1.58. The van der Waals surface area contributed by atoms with E-state index in [4.69, 9.17) is 0 Å². The topological polar surface area (TPSA) is 114 Å². The first kappa shape index (κ1) is 98.5. The highest BCUT2D eigenvalue weighted by molar-refractivity contribution is 5.91. The third kappa shape index (κ3) is 32.3. The minimum absolute atomic E-state index is 0. The van der Waals surface area contributed by atoms with Crippen LogP contribution in [0.4, 0.5) is 0 Å². The third-order valence-electron chi connectivity index (χ3n) is 18.2. The molecule has 10 atom stereocenters. The van der Waals surface area contributed by atoms with E-state index in [-0.39, 0.29) is 83.2 Å². The smallest absolute Gasteiger partial charge is 0.245 e. The van der Waals surface area contributed by atoms with Gasteiger partial charge in [0, 0.05) is 111 Å². The molecule has 0 N–H and O–H groups in total. The van der Waals surface area contributed by atoms with Crippen LogP contribution in [0.15, 0.2) is 0 Å². The Morgan fingerprint density at radius 1 is 0.289 bits per heavy atom. The minimum atomic E-state index is -0.681. The van der Waals surface area contributed by atoms with Gasteiger partial charge in [-0.3, -0.25) is 38.8 Å². The first-order valence-corrected chi connectivity index (χ1v) is 32.7. The second kappa shape index (κ2) is 44.3. The average Bonchev–Trinajstić information content (AvgIpc) is 0.862. The molecule has 18 nitrogen and oxygen atoms in total. The zero-order chi connectivity index (χ0) is 68.3. The lowest BCUT2D eigenvalue weighted by Gasteiger charge is -2.49. The molecule has 0 saturated carbocycles. The number of nitrogens with zero attached hydrogens (tertiary/aromatic N) is 14. The molecule has 18 heteroatoms. The second-order valence-corrected chi connectivity index (χ2v) is 32.0. The van der Waals surface area contributed by atoms with Gasteiger partial charge >= 0.3 is 0 Å². The van der Waals surface area contributed by atoms with E-state index >= 15 is 0 Å². The molecule has 0 aromatic rings. The maximum atomic E-state index is 14.3. The SMILES string of the molecule is C.C.C.C.CC(C)C(C(=O)N(C)CC(N(C)C(=O)C(C(C)C)N(C)C(=O)C(CN(C)C)N(C)C)C(C)(C)C)N(C)C(=O)C(CN(C)C)N(C)C.CC(C)C(CN(CC(C(C)C)N(C)C)CC(N(CC(C(C)C)N(C)C)CC(C(C)C)N(C)C)C(C)(C)C)N(C)C. The molecule has 0 aromatic heterocycles. The Hall–Kier alpha value is -2.52. The Morgan fingerprint density at radius 2 is 0.556 bits per heavy atom. The molecule has 0 aliphatic heterocycles. The van der Waals surface area contributed by atoms with Gasteiger partial charge in [0.1, 0.15) is 24.2 Å². The van der Waals surface area contributed by atoms with Gasteiger partial charge in [0.25, 0.3) is 0 Å². The Kier molecular flexibility index (Phi) is 48.5. The number of hydrogen-bond donors (Lipinski definition) is 0. The molecule has 0 radical (unpaired) electrons. The third-order valence-corrected chi connectivity index (χ3v) is 18.2. The summed E-state index contributed by atoms with van der Waals surface area (Å²) in [5, 5.41) is 0. The van der Waals surface area contributed by atoms with Gasteiger partial charge in [0.15, 0.2) is 0 Å². The molecule has 544 valence electrons. The first-order chi connectivity index (χ1) is 38.9. The zero-order valence-electron chi connectivity index (χ0n) is 63.8. The molecule has 0 heterocycles. The molecule has 0 aliphatic rings. The van der Waals surface area contributed by atoms with E-state index in [0.29, 0.717) is 67.0 Å². The Balaban J connectivity index is -0.000000379. The number of rotatable bonds is 36. The molecule has 0 bridgehead atoms. The summed E-state index contributed by atoms with van der Waals surface area (Å²) in [6.07, 6.45) is 0. The van der Waals surface area contributed by atoms with Gasteiger partial charge in [-0.1, -0.05) is 154 Å². The van der Waals surface area contributed by atoms with Gasteiger partial charge in [0.2, 0.25) is 23.6 Å². The summed E-state index contributed by atoms with van der Waals surface area (Å²) in [6, 6.07) is 0.0190. The van der Waals surface area contributed by atoms with Gasteiger partial charge in [-0.2, -0.15) is 0 Å². The number of carbonyl (C=O) groups is 4. The van der Waals surface area contributed by atoms with Gasteiger partial charge in [0.05, 0.1) is 6.04 Å². The van der Waals surface area contributed by atoms with Crippen molar-refractivity contribution in [3.05, 3.63) is 0 Å². The number of likely N-dealkylation sites (N-methyl/N-ethyl adjacent to an activating group) is 12. The zero-order valence-corrected chi connectivity index (χ0v) is 63.8. The molecule has 0 rings (SSSR count). The number of hydrogen-bond acceptors (Lipinski definition) is 14. The molecular weight excluding hydrogens is 1120 g/mol. The van der Waals surface area contributed by atoms with E-state index < -0.39 is 29.6 Å². The van der Waals surface area contributed by atoms with Gasteiger partial charge in [-0.15, -0.1) is 0 Å². The molecule has 90 heavy (non-hydrogen) atoms. The van der Waals surface area contributed by atoms with Crippen molar-refractivity contribution in [2.24, 2.45) is 46.3 Å². The molecule has 0 aliphatic carbocycles. The first-order valence-electron chi connectivity index (χ1n) is 32.7. The minimum Gasteiger partial charge on any atom is -0.342 e. The second-order valence-electron chi connectivity index (χ2n) is 32.0. The molecule has 0 saturated heterocycles. The lowest BCUT2D eigenvalue weighted by Crippen LogP contribution is -2.61. The van der Waals surface area contributed by atoms with Gasteiger partial charge < -0.3 is 49.0 Å². The van der Waals surface area contributed by atoms with Crippen LogP contribution in [0.25, 0.3) is 0 Å². The van der Waals surface area contributed by atoms with Crippen LogP contribution in [0.1, 0.15) is 154 Å². The Bertz CT molecular complexity index is 1830. The Morgan fingerprint density at radius 3 is 0.778 bits per heavy atom. The van der Waals surface area contributed by atoms with E-state index in [0.717, 1.165) is 32.7 Å². The summed E-state index contributed by atoms with van der Waals surface area (Å²) >= 11 is 0. The van der Waals surface area contributed by atoms with Crippen LogP contribution < -0.4 is 0 Å². The monoisotopic (exact) mass is 1290 g/mol. The average molecular weight is 1290 g/mol. The lowest BCUT2D eigenvalue weighted by molar-refractivity contribution is -0.153. The van der Waals surface area contributed by atoms with Crippen molar-refractivity contribution in [1.29, 1.82) is 0 Å². The van der Waals surface area contributed by atoms with Crippen LogP contribution in [-0.4, -0.2) is 346 Å². The summed E-state index contributed by atoms with van der Waals surface area (Å²) in [7, 11) is 40.2. The van der Waals surface area contributed by atoms with Crippen molar-refractivity contribution < 1.29 is 19.2 Å². The maximum absolute atomic E-state index is 14.3. The van der Waals surface area contributed by atoms with Crippen molar-refractivity contribution in [2.45, 2.75) is 215 Å². The van der Waals surface area contributed by atoms with Gasteiger partial charge in [-0.05, 0) is 159 Å². The highest BCUT2D eigenvalue weighted by atomic mass is 16.2.